The number of benzene rings is 1. The fraction of sp³-hybridized carbons (Fsp3) is 0.571. The first-order valence-corrected chi connectivity index (χ1v) is 10.0. The maximum Gasteiger partial charge on any atom is 0.391 e. The van der Waals surface area contributed by atoms with Crippen LogP contribution in [0.15, 0.2) is 24.3 Å². The molecule has 1 aliphatic rings. The number of aromatic nitrogens is 1. The molecule has 0 amide bonds. The van der Waals surface area contributed by atoms with Gasteiger partial charge in [-0.1, -0.05) is 13.8 Å². The lowest BCUT2D eigenvalue weighted by Gasteiger charge is -2.32. The predicted molar refractivity (Wildman–Crippen MR) is 110 cm³/mol. The van der Waals surface area contributed by atoms with Crippen LogP contribution < -0.4 is 5.73 Å². The molecule has 0 bridgehead atoms. The fourth-order valence-electron chi connectivity index (χ4n) is 3.28. The van der Waals surface area contributed by atoms with Gasteiger partial charge in [0.2, 0.25) is 0 Å². The van der Waals surface area contributed by atoms with Gasteiger partial charge in [0.1, 0.15) is 0 Å². The molecule has 1 aromatic heterocycles. The Morgan fingerprint density at radius 3 is 2.38 bits per heavy atom. The first-order valence-electron chi connectivity index (χ1n) is 10.0. The van der Waals surface area contributed by atoms with Crippen LogP contribution in [-0.4, -0.2) is 48.8 Å². The van der Waals surface area contributed by atoms with E-state index < -0.39 is 12.1 Å². The first-order chi connectivity index (χ1) is 13.9. The highest BCUT2D eigenvalue weighted by Gasteiger charge is 2.40. The van der Waals surface area contributed by atoms with Crippen LogP contribution in [0.25, 0.3) is 10.9 Å². The maximum absolute atomic E-state index is 12.7. The topological polar surface area (TPSA) is 71.4 Å². The Labute approximate surface area is 170 Å². The number of hydrogen-bond donors (Lipinski definition) is 2. The molecule has 2 heterocycles. The molecule has 164 valence electrons. The number of fused-ring (bicyclic) bond motifs is 1. The van der Waals surface area contributed by atoms with Crippen molar-refractivity contribution in [3.05, 3.63) is 35.5 Å². The SMILES string of the molecule is CC.CCOC(=O)c1ccc2[nH]c(CN3CCC(C(F)(F)F)CC3)cc2c1.CN. The Hall–Kier alpha value is -2.06. The van der Waals surface area contributed by atoms with Crippen molar-refractivity contribution in [2.45, 2.75) is 46.3 Å². The molecular formula is C21H32F3N3O2. The first kappa shape index (κ1) is 25.0. The van der Waals surface area contributed by atoms with Gasteiger partial charge in [-0.3, -0.25) is 4.90 Å². The van der Waals surface area contributed by atoms with Crippen molar-refractivity contribution in [3.63, 3.8) is 0 Å². The highest BCUT2D eigenvalue weighted by Crippen LogP contribution is 2.34. The highest BCUT2D eigenvalue weighted by molar-refractivity contribution is 5.94. The zero-order valence-electron chi connectivity index (χ0n) is 17.6. The average Bonchev–Trinajstić information content (AvgIpc) is 3.12. The third-order valence-corrected chi connectivity index (χ3v) is 4.63. The summed E-state index contributed by atoms with van der Waals surface area (Å²) < 4.78 is 43.2. The molecular weight excluding hydrogens is 383 g/mol. The van der Waals surface area contributed by atoms with Gasteiger partial charge >= 0.3 is 12.1 Å². The maximum atomic E-state index is 12.7. The number of halogens is 3. The second kappa shape index (κ2) is 11.8. The van der Waals surface area contributed by atoms with E-state index >= 15 is 0 Å². The van der Waals surface area contributed by atoms with E-state index in [9.17, 15) is 18.0 Å². The Kier molecular flexibility index (Phi) is 10.2. The van der Waals surface area contributed by atoms with E-state index in [4.69, 9.17) is 4.74 Å². The van der Waals surface area contributed by atoms with Crippen molar-refractivity contribution in [3.8, 4) is 0 Å². The van der Waals surface area contributed by atoms with Crippen molar-refractivity contribution in [2.75, 3.05) is 26.7 Å². The van der Waals surface area contributed by atoms with Crippen molar-refractivity contribution < 1.29 is 22.7 Å². The standard InChI is InChI=1S/C18H21F3N2O2.C2H6.CH5N/c1-2-25-17(24)12-3-4-16-13(9-12)10-15(22-16)11-23-7-5-14(6-8-23)18(19,20)21;2*1-2/h3-4,9-10,14,22H,2,5-8,11H2,1H3;1-2H3;2H2,1H3. The second-order valence-electron chi connectivity index (χ2n) is 6.41. The van der Waals surface area contributed by atoms with E-state index in [2.05, 4.69) is 10.7 Å². The monoisotopic (exact) mass is 415 g/mol. The largest absolute Gasteiger partial charge is 0.462 e. The van der Waals surface area contributed by atoms with Crippen LogP contribution >= 0.6 is 0 Å². The third-order valence-electron chi connectivity index (χ3n) is 4.63. The van der Waals surface area contributed by atoms with Gasteiger partial charge in [-0.15, -0.1) is 0 Å². The Morgan fingerprint density at radius 2 is 1.83 bits per heavy atom. The molecule has 0 atom stereocenters. The van der Waals surface area contributed by atoms with E-state index in [0.29, 0.717) is 31.8 Å². The number of nitrogens with two attached hydrogens (primary N) is 1. The van der Waals surface area contributed by atoms with Gasteiger partial charge in [0.15, 0.2) is 0 Å². The van der Waals surface area contributed by atoms with E-state index in [-0.39, 0.29) is 18.8 Å². The third kappa shape index (κ3) is 7.04. The Bertz CT molecular complexity index is 751. The molecule has 0 saturated carbocycles. The van der Waals surface area contributed by atoms with Gasteiger partial charge in [0.05, 0.1) is 18.1 Å². The van der Waals surface area contributed by atoms with Crippen LogP contribution in [0.1, 0.15) is 49.7 Å². The molecule has 0 radical (unpaired) electrons. The number of nitrogens with zero attached hydrogens (tertiary/aromatic N) is 1. The second-order valence-corrected chi connectivity index (χ2v) is 6.41. The number of carbonyl (C=O) groups is 1. The predicted octanol–water partition coefficient (Wildman–Crippen LogP) is 4.72. The molecule has 1 aliphatic heterocycles. The van der Waals surface area contributed by atoms with Gasteiger partial charge in [-0.25, -0.2) is 4.79 Å². The number of aromatic amines is 1. The van der Waals surface area contributed by atoms with E-state index in [1.807, 2.05) is 30.9 Å². The molecule has 2 aromatic rings. The summed E-state index contributed by atoms with van der Waals surface area (Å²) in [4.78, 5) is 17.1. The summed E-state index contributed by atoms with van der Waals surface area (Å²) in [5, 5.41) is 0.894. The van der Waals surface area contributed by atoms with Crippen LogP contribution in [0.5, 0.6) is 0 Å². The molecule has 1 saturated heterocycles. The molecule has 0 spiro atoms. The minimum absolute atomic E-state index is 0.150. The van der Waals surface area contributed by atoms with Crippen LogP contribution in [0.4, 0.5) is 13.2 Å². The number of likely N-dealkylation sites (tertiary alicyclic amines) is 1. The molecule has 3 rings (SSSR count). The van der Waals surface area contributed by atoms with Crippen LogP contribution in [0, 0.1) is 5.92 Å². The van der Waals surface area contributed by atoms with Gasteiger partial charge in [-0.05, 0) is 64.2 Å². The van der Waals surface area contributed by atoms with Crippen molar-refractivity contribution in [1.29, 1.82) is 0 Å². The van der Waals surface area contributed by atoms with Crippen LogP contribution in [0.2, 0.25) is 0 Å². The number of nitrogens with one attached hydrogen (secondary N) is 1. The molecule has 0 unspecified atom stereocenters. The van der Waals surface area contributed by atoms with Gasteiger partial charge < -0.3 is 15.5 Å². The lowest BCUT2D eigenvalue weighted by molar-refractivity contribution is -0.185. The molecule has 5 nitrogen and oxygen atoms in total. The number of alkyl halides is 3. The lowest BCUT2D eigenvalue weighted by Crippen LogP contribution is -2.38. The molecule has 3 N–H and O–H groups in total. The summed E-state index contributed by atoms with van der Waals surface area (Å²) in [6.07, 6.45) is -3.79. The Morgan fingerprint density at radius 1 is 1.21 bits per heavy atom. The molecule has 1 fully saturated rings. The molecule has 1 aromatic carbocycles. The van der Waals surface area contributed by atoms with Gasteiger partial charge in [-0.2, -0.15) is 13.2 Å². The van der Waals surface area contributed by atoms with E-state index in [1.165, 1.54) is 7.05 Å². The number of carbonyl (C=O) groups excluding carboxylic acids is 1. The lowest BCUT2D eigenvalue weighted by atomic mass is 9.96. The Balaban J connectivity index is 0.000000989. The van der Waals surface area contributed by atoms with Crippen molar-refractivity contribution >= 4 is 16.9 Å². The quantitative estimate of drug-likeness (QED) is 0.709. The van der Waals surface area contributed by atoms with Crippen molar-refractivity contribution in [2.24, 2.45) is 11.7 Å². The fourth-order valence-corrected chi connectivity index (χ4v) is 3.28. The zero-order chi connectivity index (χ0) is 22.0. The number of piperidine rings is 1. The molecule has 8 heteroatoms. The normalized spacial score (nSPS) is 15.2. The number of ether oxygens (including phenoxy) is 1. The smallest absolute Gasteiger partial charge is 0.391 e. The summed E-state index contributed by atoms with van der Waals surface area (Å²) in [7, 11) is 1.50. The van der Waals surface area contributed by atoms with E-state index in [1.54, 1.807) is 19.1 Å². The molecule has 0 aliphatic carbocycles. The number of rotatable bonds is 4. The minimum Gasteiger partial charge on any atom is -0.462 e. The summed E-state index contributed by atoms with van der Waals surface area (Å²) in [6, 6.07) is 7.23. The number of H-pyrrole nitrogens is 1. The number of hydrogen-bond acceptors (Lipinski definition) is 4. The van der Waals surface area contributed by atoms with Gasteiger partial charge in [0.25, 0.3) is 0 Å². The van der Waals surface area contributed by atoms with Crippen molar-refractivity contribution in [1.82, 2.24) is 9.88 Å². The summed E-state index contributed by atoms with van der Waals surface area (Å²) in [6.45, 7) is 7.53. The average molecular weight is 416 g/mol. The van der Waals surface area contributed by atoms with Crippen LogP contribution in [0.3, 0.4) is 0 Å². The summed E-state index contributed by atoms with van der Waals surface area (Å²) >= 11 is 0. The molecule has 29 heavy (non-hydrogen) atoms. The number of esters is 1. The van der Waals surface area contributed by atoms with E-state index in [0.717, 1.165) is 16.6 Å². The summed E-state index contributed by atoms with van der Waals surface area (Å²) in [5.41, 5.74) is 6.82. The summed E-state index contributed by atoms with van der Waals surface area (Å²) in [5.74, 6) is -1.54. The zero-order valence-corrected chi connectivity index (χ0v) is 17.6. The highest BCUT2D eigenvalue weighted by atomic mass is 19.4. The van der Waals surface area contributed by atoms with Crippen LogP contribution in [-0.2, 0) is 11.3 Å². The van der Waals surface area contributed by atoms with Gasteiger partial charge in [0, 0.05) is 23.1 Å². The minimum atomic E-state index is -4.09.